The van der Waals surface area contributed by atoms with Gasteiger partial charge in [-0.05, 0) is 64.7 Å². The zero-order chi connectivity index (χ0) is 10.7. The molecule has 2 fully saturated rings. The highest BCUT2D eigenvalue weighted by Crippen LogP contribution is 2.36. The number of piperidine rings is 2. The van der Waals surface area contributed by atoms with Crippen LogP contribution in [0.2, 0.25) is 0 Å². The van der Waals surface area contributed by atoms with Crippen molar-refractivity contribution in [2.24, 2.45) is 5.92 Å². The Kier molecular flexibility index (Phi) is 3.68. The molecule has 1 unspecified atom stereocenters. The summed E-state index contributed by atoms with van der Waals surface area (Å²) in [7, 11) is 2.25. The summed E-state index contributed by atoms with van der Waals surface area (Å²) in [5.74, 6) is 0.930. The van der Waals surface area contributed by atoms with Gasteiger partial charge in [0.15, 0.2) is 0 Å². The summed E-state index contributed by atoms with van der Waals surface area (Å²) >= 11 is 0. The predicted molar refractivity (Wildman–Crippen MR) is 65.1 cm³/mol. The van der Waals surface area contributed by atoms with E-state index in [4.69, 9.17) is 0 Å². The van der Waals surface area contributed by atoms with E-state index in [1.165, 1.54) is 58.2 Å². The first-order chi connectivity index (χ1) is 7.27. The molecule has 15 heavy (non-hydrogen) atoms. The summed E-state index contributed by atoms with van der Waals surface area (Å²) in [5.41, 5.74) is 0.500. The van der Waals surface area contributed by atoms with Crippen molar-refractivity contribution in [3.8, 4) is 0 Å². The molecule has 0 aromatic carbocycles. The van der Waals surface area contributed by atoms with Crippen LogP contribution in [0.5, 0.6) is 0 Å². The van der Waals surface area contributed by atoms with Gasteiger partial charge < -0.3 is 10.2 Å². The van der Waals surface area contributed by atoms with Crippen LogP contribution >= 0.6 is 0 Å². The number of hydrogen-bond donors (Lipinski definition) is 1. The summed E-state index contributed by atoms with van der Waals surface area (Å²) in [4.78, 5) is 2.47. The number of likely N-dealkylation sites (tertiary alicyclic amines) is 1. The van der Waals surface area contributed by atoms with Crippen LogP contribution in [0, 0.1) is 5.92 Å². The molecule has 0 aromatic heterocycles. The fraction of sp³-hybridized carbons (Fsp3) is 1.00. The van der Waals surface area contributed by atoms with E-state index in [2.05, 4.69) is 24.2 Å². The fourth-order valence-electron chi connectivity index (χ4n) is 3.49. The van der Waals surface area contributed by atoms with Crippen molar-refractivity contribution in [3.63, 3.8) is 0 Å². The van der Waals surface area contributed by atoms with Gasteiger partial charge in [-0.1, -0.05) is 13.3 Å². The second kappa shape index (κ2) is 4.84. The zero-order valence-corrected chi connectivity index (χ0v) is 10.4. The SMILES string of the molecule is CCC1(C2CCN(C)CC2)CCCCN1. The Morgan fingerprint density at radius 1 is 1.27 bits per heavy atom. The third-order valence-corrected chi connectivity index (χ3v) is 4.66. The number of rotatable bonds is 2. The molecule has 0 radical (unpaired) electrons. The van der Waals surface area contributed by atoms with Crippen LogP contribution < -0.4 is 5.32 Å². The van der Waals surface area contributed by atoms with Crippen molar-refractivity contribution in [2.75, 3.05) is 26.7 Å². The molecule has 0 aliphatic carbocycles. The fourth-order valence-corrected chi connectivity index (χ4v) is 3.49. The summed E-state index contributed by atoms with van der Waals surface area (Å²) in [6, 6.07) is 0. The van der Waals surface area contributed by atoms with Gasteiger partial charge in [-0.3, -0.25) is 0 Å². The van der Waals surface area contributed by atoms with Gasteiger partial charge in [-0.25, -0.2) is 0 Å². The van der Waals surface area contributed by atoms with Gasteiger partial charge in [0.2, 0.25) is 0 Å². The molecule has 0 amide bonds. The highest BCUT2D eigenvalue weighted by molar-refractivity contribution is 4.97. The number of nitrogens with one attached hydrogen (secondary N) is 1. The van der Waals surface area contributed by atoms with Crippen molar-refractivity contribution in [1.29, 1.82) is 0 Å². The molecule has 88 valence electrons. The molecule has 0 bridgehead atoms. The van der Waals surface area contributed by atoms with E-state index in [0.717, 1.165) is 5.92 Å². The minimum atomic E-state index is 0.500. The van der Waals surface area contributed by atoms with E-state index >= 15 is 0 Å². The largest absolute Gasteiger partial charge is 0.311 e. The maximum absolute atomic E-state index is 3.85. The third-order valence-electron chi connectivity index (χ3n) is 4.66. The van der Waals surface area contributed by atoms with Crippen molar-refractivity contribution in [1.82, 2.24) is 10.2 Å². The highest BCUT2D eigenvalue weighted by atomic mass is 15.1. The van der Waals surface area contributed by atoms with Crippen LogP contribution in [0.25, 0.3) is 0 Å². The van der Waals surface area contributed by atoms with E-state index < -0.39 is 0 Å². The lowest BCUT2D eigenvalue weighted by Crippen LogP contribution is -2.55. The maximum Gasteiger partial charge on any atom is 0.0208 e. The van der Waals surface area contributed by atoms with Gasteiger partial charge in [0.1, 0.15) is 0 Å². The zero-order valence-electron chi connectivity index (χ0n) is 10.4. The van der Waals surface area contributed by atoms with Gasteiger partial charge in [-0.2, -0.15) is 0 Å². The first-order valence-corrected chi connectivity index (χ1v) is 6.70. The average molecular weight is 210 g/mol. The smallest absolute Gasteiger partial charge is 0.0208 e. The molecule has 1 atom stereocenters. The molecular formula is C13H26N2. The summed E-state index contributed by atoms with van der Waals surface area (Å²) in [6.07, 6.45) is 8.36. The predicted octanol–water partition coefficient (Wildman–Crippen LogP) is 2.25. The van der Waals surface area contributed by atoms with E-state index in [-0.39, 0.29) is 0 Å². The molecule has 2 aliphatic rings. The Morgan fingerprint density at radius 2 is 2.00 bits per heavy atom. The van der Waals surface area contributed by atoms with Crippen LogP contribution in [0.1, 0.15) is 45.4 Å². The molecule has 0 spiro atoms. The van der Waals surface area contributed by atoms with Gasteiger partial charge >= 0.3 is 0 Å². The topological polar surface area (TPSA) is 15.3 Å². The van der Waals surface area contributed by atoms with Crippen LogP contribution in [-0.2, 0) is 0 Å². The molecule has 2 aliphatic heterocycles. The van der Waals surface area contributed by atoms with Gasteiger partial charge in [0.25, 0.3) is 0 Å². The third kappa shape index (κ3) is 2.36. The van der Waals surface area contributed by atoms with Crippen LogP contribution in [-0.4, -0.2) is 37.1 Å². The second-order valence-corrected chi connectivity index (χ2v) is 5.47. The minimum Gasteiger partial charge on any atom is -0.311 e. The van der Waals surface area contributed by atoms with Crippen LogP contribution in [0.4, 0.5) is 0 Å². The van der Waals surface area contributed by atoms with Crippen LogP contribution in [0.15, 0.2) is 0 Å². The molecule has 2 rings (SSSR count). The molecule has 2 heterocycles. The summed E-state index contributed by atoms with van der Waals surface area (Å²) in [5, 5.41) is 3.85. The Bertz CT molecular complexity index is 189. The molecule has 2 nitrogen and oxygen atoms in total. The van der Waals surface area contributed by atoms with E-state index in [1.807, 2.05) is 0 Å². The molecular weight excluding hydrogens is 184 g/mol. The number of nitrogens with zero attached hydrogens (tertiary/aromatic N) is 1. The second-order valence-electron chi connectivity index (χ2n) is 5.47. The van der Waals surface area contributed by atoms with Crippen molar-refractivity contribution in [2.45, 2.75) is 51.0 Å². The minimum absolute atomic E-state index is 0.500. The van der Waals surface area contributed by atoms with Gasteiger partial charge in [0.05, 0.1) is 0 Å². The Balaban J connectivity index is 1.98. The molecule has 1 N–H and O–H groups in total. The number of hydrogen-bond acceptors (Lipinski definition) is 2. The Hall–Kier alpha value is -0.0800. The van der Waals surface area contributed by atoms with Crippen molar-refractivity contribution < 1.29 is 0 Å². The quantitative estimate of drug-likeness (QED) is 0.752. The molecule has 2 heteroatoms. The van der Waals surface area contributed by atoms with E-state index in [0.29, 0.717) is 5.54 Å². The normalized spacial score (nSPS) is 35.6. The standard InChI is InChI=1S/C13H26N2/c1-3-13(8-4-5-9-14-13)12-6-10-15(2)11-7-12/h12,14H,3-11H2,1-2H3. The molecule has 0 aromatic rings. The monoisotopic (exact) mass is 210 g/mol. The highest BCUT2D eigenvalue weighted by Gasteiger charge is 2.38. The summed E-state index contributed by atoms with van der Waals surface area (Å²) in [6.45, 7) is 6.22. The first kappa shape index (κ1) is 11.4. The van der Waals surface area contributed by atoms with E-state index in [1.54, 1.807) is 0 Å². The average Bonchev–Trinajstić information content (AvgIpc) is 2.31. The van der Waals surface area contributed by atoms with Gasteiger partial charge in [-0.15, -0.1) is 0 Å². The van der Waals surface area contributed by atoms with Crippen LogP contribution in [0.3, 0.4) is 0 Å². The summed E-state index contributed by atoms with van der Waals surface area (Å²) < 4.78 is 0. The maximum atomic E-state index is 3.85. The van der Waals surface area contributed by atoms with Crippen molar-refractivity contribution in [3.05, 3.63) is 0 Å². The van der Waals surface area contributed by atoms with E-state index in [9.17, 15) is 0 Å². The first-order valence-electron chi connectivity index (χ1n) is 6.70. The molecule has 0 saturated carbocycles. The Morgan fingerprint density at radius 3 is 2.53 bits per heavy atom. The lowest BCUT2D eigenvalue weighted by molar-refractivity contribution is 0.0922. The van der Waals surface area contributed by atoms with Crippen molar-refractivity contribution >= 4 is 0 Å². The lowest BCUT2D eigenvalue weighted by atomic mass is 9.71. The lowest BCUT2D eigenvalue weighted by Gasteiger charge is -2.47. The van der Waals surface area contributed by atoms with Gasteiger partial charge in [0, 0.05) is 5.54 Å². The molecule has 2 saturated heterocycles. The Labute approximate surface area is 94.4 Å².